The molecule has 0 rings (SSSR count). The van der Waals surface area contributed by atoms with Crippen LogP contribution >= 0.6 is 0 Å². The molecular weight excluding hydrogens is 144 g/mol. The molecule has 0 heterocycles. The van der Waals surface area contributed by atoms with E-state index in [2.05, 4.69) is 6.92 Å². The van der Waals surface area contributed by atoms with E-state index in [0.29, 0.717) is 13.2 Å². The van der Waals surface area contributed by atoms with E-state index in [4.69, 9.17) is 14.6 Å². The molecule has 0 radical (unpaired) electrons. The predicted molar refractivity (Wildman–Crippen MR) is 43.6 cm³/mol. The van der Waals surface area contributed by atoms with Gasteiger partial charge in [0.25, 0.3) is 0 Å². The van der Waals surface area contributed by atoms with Gasteiger partial charge in [0.05, 0.1) is 25.9 Å². The number of hydrogen-bond acceptors (Lipinski definition) is 3. The standard InChI is InChI=1S/C8H18O3/c1-3-5-11-8(2)7-10-6-4-9/h8-9H,3-7H2,1-2H3. The Labute approximate surface area is 68.3 Å². The Morgan fingerprint density at radius 2 is 2.09 bits per heavy atom. The predicted octanol–water partition coefficient (Wildman–Crippen LogP) is 0.810. The third-order valence-corrected chi connectivity index (χ3v) is 1.19. The Morgan fingerprint density at radius 1 is 1.36 bits per heavy atom. The lowest BCUT2D eigenvalue weighted by atomic mass is 10.4. The van der Waals surface area contributed by atoms with E-state index in [1.54, 1.807) is 0 Å². The van der Waals surface area contributed by atoms with Gasteiger partial charge in [-0.3, -0.25) is 0 Å². The molecule has 0 spiro atoms. The Kier molecular flexibility index (Phi) is 7.89. The van der Waals surface area contributed by atoms with E-state index >= 15 is 0 Å². The fourth-order valence-corrected chi connectivity index (χ4v) is 0.681. The van der Waals surface area contributed by atoms with E-state index in [9.17, 15) is 0 Å². The van der Waals surface area contributed by atoms with Gasteiger partial charge in [0.15, 0.2) is 0 Å². The highest BCUT2D eigenvalue weighted by Gasteiger charge is 1.99. The average Bonchev–Trinajstić information content (AvgIpc) is 2.01. The van der Waals surface area contributed by atoms with Crippen LogP contribution in [-0.2, 0) is 9.47 Å². The normalized spacial score (nSPS) is 13.4. The SMILES string of the molecule is CCCOC(C)COCCO. The molecule has 0 aliphatic heterocycles. The van der Waals surface area contributed by atoms with Crippen molar-refractivity contribution in [1.29, 1.82) is 0 Å². The summed E-state index contributed by atoms with van der Waals surface area (Å²) in [5, 5.41) is 8.39. The molecule has 1 N–H and O–H groups in total. The Bertz CT molecular complexity index is 75.7. The van der Waals surface area contributed by atoms with Crippen molar-refractivity contribution in [3.63, 3.8) is 0 Å². The van der Waals surface area contributed by atoms with Crippen LogP contribution < -0.4 is 0 Å². The smallest absolute Gasteiger partial charge is 0.0780 e. The van der Waals surface area contributed by atoms with Crippen molar-refractivity contribution in [2.45, 2.75) is 26.4 Å². The van der Waals surface area contributed by atoms with E-state index in [0.717, 1.165) is 13.0 Å². The zero-order valence-corrected chi connectivity index (χ0v) is 7.38. The summed E-state index contributed by atoms with van der Waals surface area (Å²) >= 11 is 0. The fraction of sp³-hybridized carbons (Fsp3) is 1.00. The molecule has 0 aliphatic carbocycles. The zero-order valence-electron chi connectivity index (χ0n) is 7.38. The molecular formula is C8H18O3. The van der Waals surface area contributed by atoms with Crippen LogP contribution in [0.2, 0.25) is 0 Å². The van der Waals surface area contributed by atoms with Crippen LogP contribution in [0.25, 0.3) is 0 Å². The summed E-state index contributed by atoms with van der Waals surface area (Å²) in [6, 6.07) is 0. The molecule has 0 aromatic heterocycles. The summed E-state index contributed by atoms with van der Waals surface area (Å²) in [5.74, 6) is 0. The Morgan fingerprint density at radius 3 is 2.64 bits per heavy atom. The van der Waals surface area contributed by atoms with Gasteiger partial charge < -0.3 is 14.6 Å². The zero-order chi connectivity index (χ0) is 8.53. The molecule has 0 aromatic rings. The quantitative estimate of drug-likeness (QED) is 0.563. The lowest BCUT2D eigenvalue weighted by Gasteiger charge is -2.11. The highest BCUT2D eigenvalue weighted by Crippen LogP contribution is 1.92. The summed E-state index contributed by atoms with van der Waals surface area (Å²) in [7, 11) is 0. The minimum absolute atomic E-state index is 0.0838. The fourth-order valence-electron chi connectivity index (χ4n) is 0.681. The van der Waals surface area contributed by atoms with Crippen LogP contribution in [-0.4, -0.2) is 37.6 Å². The van der Waals surface area contributed by atoms with Gasteiger partial charge in [0, 0.05) is 6.61 Å². The molecule has 0 saturated carbocycles. The first kappa shape index (κ1) is 10.9. The van der Waals surface area contributed by atoms with Crippen LogP contribution in [0.3, 0.4) is 0 Å². The third-order valence-electron chi connectivity index (χ3n) is 1.19. The first-order chi connectivity index (χ1) is 5.31. The minimum atomic E-state index is 0.0838. The van der Waals surface area contributed by atoms with Crippen LogP contribution in [0.5, 0.6) is 0 Å². The van der Waals surface area contributed by atoms with Gasteiger partial charge in [-0.25, -0.2) is 0 Å². The second-order valence-corrected chi connectivity index (χ2v) is 2.48. The summed E-state index contributed by atoms with van der Waals surface area (Å²) in [4.78, 5) is 0. The first-order valence-corrected chi connectivity index (χ1v) is 4.11. The van der Waals surface area contributed by atoms with Crippen molar-refractivity contribution >= 4 is 0 Å². The van der Waals surface area contributed by atoms with Gasteiger partial charge in [-0.2, -0.15) is 0 Å². The summed E-state index contributed by atoms with van der Waals surface area (Å²) in [6.07, 6.45) is 1.17. The number of rotatable bonds is 7. The van der Waals surface area contributed by atoms with Crippen LogP contribution in [0, 0.1) is 0 Å². The summed E-state index contributed by atoms with van der Waals surface area (Å²) in [6.45, 7) is 5.87. The van der Waals surface area contributed by atoms with Crippen molar-refractivity contribution in [1.82, 2.24) is 0 Å². The van der Waals surface area contributed by atoms with E-state index < -0.39 is 0 Å². The van der Waals surface area contributed by atoms with Crippen molar-refractivity contribution in [2.24, 2.45) is 0 Å². The molecule has 68 valence electrons. The van der Waals surface area contributed by atoms with Gasteiger partial charge in [-0.05, 0) is 13.3 Å². The second-order valence-electron chi connectivity index (χ2n) is 2.48. The highest BCUT2D eigenvalue weighted by molar-refractivity contribution is 4.46. The third kappa shape index (κ3) is 7.78. The molecule has 3 nitrogen and oxygen atoms in total. The summed E-state index contributed by atoms with van der Waals surface area (Å²) < 4.78 is 10.4. The molecule has 0 saturated heterocycles. The minimum Gasteiger partial charge on any atom is -0.394 e. The van der Waals surface area contributed by atoms with Gasteiger partial charge >= 0.3 is 0 Å². The lowest BCUT2D eigenvalue weighted by Crippen LogP contribution is -2.17. The van der Waals surface area contributed by atoms with Crippen molar-refractivity contribution < 1.29 is 14.6 Å². The lowest BCUT2D eigenvalue weighted by molar-refractivity contribution is -0.0143. The number of aliphatic hydroxyl groups is 1. The molecule has 1 unspecified atom stereocenters. The van der Waals surface area contributed by atoms with Crippen molar-refractivity contribution in [3.05, 3.63) is 0 Å². The maximum Gasteiger partial charge on any atom is 0.0780 e. The number of ether oxygens (including phenoxy) is 2. The summed E-state index contributed by atoms with van der Waals surface area (Å²) in [5.41, 5.74) is 0. The number of aliphatic hydroxyl groups excluding tert-OH is 1. The van der Waals surface area contributed by atoms with Gasteiger partial charge in [-0.1, -0.05) is 6.92 Å². The van der Waals surface area contributed by atoms with Crippen molar-refractivity contribution in [3.8, 4) is 0 Å². The average molecular weight is 162 g/mol. The van der Waals surface area contributed by atoms with E-state index in [1.165, 1.54) is 0 Å². The van der Waals surface area contributed by atoms with Gasteiger partial charge in [0.1, 0.15) is 0 Å². The number of hydrogen-bond donors (Lipinski definition) is 1. The van der Waals surface area contributed by atoms with Crippen molar-refractivity contribution in [2.75, 3.05) is 26.4 Å². The topological polar surface area (TPSA) is 38.7 Å². The molecule has 0 aliphatic rings. The second kappa shape index (κ2) is 7.98. The molecule has 0 fully saturated rings. The van der Waals surface area contributed by atoms with Crippen LogP contribution in [0.15, 0.2) is 0 Å². The Hall–Kier alpha value is -0.120. The molecule has 0 bridgehead atoms. The van der Waals surface area contributed by atoms with E-state index in [-0.39, 0.29) is 12.7 Å². The molecule has 0 amide bonds. The van der Waals surface area contributed by atoms with Gasteiger partial charge in [0.2, 0.25) is 0 Å². The van der Waals surface area contributed by atoms with Crippen LogP contribution in [0.4, 0.5) is 0 Å². The van der Waals surface area contributed by atoms with Gasteiger partial charge in [-0.15, -0.1) is 0 Å². The first-order valence-electron chi connectivity index (χ1n) is 4.11. The monoisotopic (exact) mass is 162 g/mol. The Balaban J connectivity index is 3.02. The largest absolute Gasteiger partial charge is 0.394 e. The van der Waals surface area contributed by atoms with E-state index in [1.807, 2.05) is 6.92 Å². The maximum atomic E-state index is 8.39. The molecule has 1 atom stereocenters. The molecule has 11 heavy (non-hydrogen) atoms. The molecule has 3 heteroatoms. The molecule has 0 aromatic carbocycles. The van der Waals surface area contributed by atoms with Crippen LogP contribution in [0.1, 0.15) is 20.3 Å². The maximum absolute atomic E-state index is 8.39. The highest BCUT2D eigenvalue weighted by atomic mass is 16.5.